The quantitative estimate of drug-likeness (QED) is 0.550. The highest BCUT2D eigenvalue weighted by Gasteiger charge is 2.37. The van der Waals surface area contributed by atoms with E-state index in [9.17, 15) is 14.4 Å². The van der Waals surface area contributed by atoms with Crippen molar-refractivity contribution >= 4 is 35.0 Å². The monoisotopic (exact) mass is 410 g/mol. The van der Waals surface area contributed by atoms with Crippen molar-refractivity contribution in [1.29, 1.82) is 5.26 Å². The molecule has 3 rings (SSSR count). The lowest BCUT2D eigenvalue weighted by molar-refractivity contribution is -0.156. The molecule has 0 radical (unpaired) electrons. The van der Waals surface area contributed by atoms with Crippen LogP contribution in [-0.2, 0) is 14.3 Å². The van der Waals surface area contributed by atoms with E-state index in [-0.39, 0.29) is 4.91 Å². The van der Waals surface area contributed by atoms with Crippen LogP contribution >= 0.6 is 11.8 Å². The summed E-state index contributed by atoms with van der Waals surface area (Å²) >= 11 is 0.741. The van der Waals surface area contributed by atoms with Gasteiger partial charge in [-0.1, -0.05) is 0 Å². The zero-order valence-electron chi connectivity index (χ0n) is 16.1. The molecule has 29 heavy (non-hydrogen) atoms. The van der Waals surface area contributed by atoms with Gasteiger partial charge in [0.15, 0.2) is 0 Å². The number of esters is 1. The van der Waals surface area contributed by atoms with E-state index < -0.39 is 29.3 Å². The van der Waals surface area contributed by atoms with Crippen molar-refractivity contribution in [2.24, 2.45) is 0 Å². The summed E-state index contributed by atoms with van der Waals surface area (Å²) in [5.41, 5.74) is 0.617. The van der Waals surface area contributed by atoms with Crippen LogP contribution in [0.2, 0.25) is 0 Å². The van der Waals surface area contributed by atoms with Crippen molar-refractivity contribution in [3.63, 3.8) is 0 Å². The van der Waals surface area contributed by atoms with Gasteiger partial charge in [-0.15, -0.1) is 0 Å². The van der Waals surface area contributed by atoms with Gasteiger partial charge < -0.3 is 9.15 Å². The highest BCUT2D eigenvalue weighted by molar-refractivity contribution is 8.18. The smallest absolute Gasteiger partial charge is 0.326 e. The van der Waals surface area contributed by atoms with E-state index in [4.69, 9.17) is 14.4 Å². The lowest BCUT2D eigenvalue weighted by Crippen LogP contribution is -2.37. The third-order valence-corrected chi connectivity index (χ3v) is 4.69. The molecule has 0 unspecified atom stereocenters. The van der Waals surface area contributed by atoms with E-state index in [0.29, 0.717) is 17.1 Å². The third kappa shape index (κ3) is 4.95. The van der Waals surface area contributed by atoms with Gasteiger partial charge in [-0.05, 0) is 68.9 Å². The average Bonchev–Trinajstić information content (AvgIpc) is 3.21. The van der Waals surface area contributed by atoms with Gasteiger partial charge >= 0.3 is 5.97 Å². The van der Waals surface area contributed by atoms with E-state index >= 15 is 0 Å². The van der Waals surface area contributed by atoms with E-state index in [2.05, 4.69) is 0 Å². The molecular weight excluding hydrogens is 392 g/mol. The van der Waals surface area contributed by atoms with Crippen LogP contribution in [0.5, 0.6) is 0 Å². The number of benzene rings is 1. The van der Waals surface area contributed by atoms with E-state index in [1.807, 2.05) is 6.07 Å². The molecule has 1 aliphatic rings. The molecule has 7 nitrogen and oxygen atoms in total. The first kappa shape index (κ1) is 20.4. The van der Waals surface area contributed by atoms with Crippen molar-refractivity contribution in [2.45, 2.75) is 26.4 Å². The number of amides is 2. The molecule has 1 aromatic carbocycles. The Morgan fingerprint density at radius 2 is 1.90 bits per heavy atom. The summed E-state index contributed by atoms with van der Waals surface area (Å²) in [4.78, 5) is 37.6. The molecule has 0 N–H and O–H groups in total. The molecule has 2 heterocycles. The van der Waals surface area contributed by atoms with Gasteiger partial charge in [0.2, 0.25) is 0 Å². The normalized spacial score (nSPS) is 15.7. The number of nitriles is 1. The zero-order chi connectivity index (χ0) is 21.2. The number of rotatable bonds is 4. The summed E-state index contributed by atoms with van der Waals surface area (Å²) in [7, 11) is 0. The number of furan rings is 1. The van der Waals surface area contributed by atoms with Crippen molar-refractivity contribution in [2.75, 3.05) is 6.54 Å². The molecule has 1 aliphatic heterocycles. The fourth-order valence-corrected chi connectivity index (χ4v) is 3.38. The van der Waals surface area contributed by atoms with Gasteiger partial charge in [0.1, 0.15) is 23.7 Å². The zero-order valence-corrected chi connectivity index (χ0v) is 16.9. The Morgan fingerprint density at radius 1 is 1.21 bits per heavy atom. The summed E-state index contributed by atoms with van der Waals surface area (Å²) < 4.78 is 10.9. The van der Waals surface area contributed by atoms with Gasteiger partial charge in [-0.2, -0.15) is 5.26 Å². The standard InChI is InChI=1S/C21H18N2O5S/c1-21(2,3)28-18(24)12-23-19(25)17(29-20(23)26)10-15-8-9-16(27-15)14-6-4-13(11-22)5-7-14/h4-10H,12H2,1-3H3. The lowest BCUT2D eigenvalue weighted by atomic mass is 10.1. The highest BCUT2D eigenvalue weighted by atomic mass is 32.2. The number of carbonyl (C=O) groups excluding carboxylic acids is 3. The molecule has 148 valence electrons. The highest BCUT2D eigenvalue weighted by Crippen LogP contribution is 2.33. The van der Waals surface area contributed by atoms with Gasteiger partial charge in [0.25, 0.3) is 11.1 Å². The van der Waals surface area contributed by atoms with Crippen LogP contribution < -0.4 is 0 Å². The first-order chi connectivity index (χ1) is 13.7. The molecule has 2 aromatic rings. The van der Waals surface area contributed by atoms with Gasteiger partial charge in [-0.3, -0.25) is 19.3 Å². The fraction of sp³-hybridized carbons (Fsp3) is 0.238. The Hall–Kier alpha value is -3.31. The minimum absolute atomic E-state index is 0.166. The summed E-state index contributed by atoms with van der Waals surface area (Å²) in [5, 5.41) is 8.33. The second kappa shape index (κ2) is 7.97. The summed E-state index contributed by atoms with van der Waals surface area (Å²) in [6, 6.07) is 12.3. The van der Waals surface area contributed by atoms with Gasteiger partial charge in [-0.25, -0.2) is 0 Å². The maximum Gasteiger partial charge on any atom is 0.326 e. The molecule has 1 fully saturated rings. The van der Waals surface area contributed by atoms with Crippen LogP contribution in [0.25, 0.3) is 17.4 Å². The van der Waals surface area contributed by atoms with Crippen molar-refractivity contribution < 1.29 is 23.5 Å². The average molecular weight is 410 g/mol. The van der Waals surface area contributed by atoms with Crippen LogP contribution in [0.3, 0.4) is 0 Å². The Kier molecular flexibility index (Phi) is 5.62. The van der Waals surface area contributed by atoms with Crippen LogP contribution in [0.1, 0.15) is 32.1 Å². The predicted octanol–water partition coefficient (Wildman–Crippen LogP) is 4.20. The molecule has 1 aromatic heterocycles. The maximum absolute atomic E-state index is 12.5. The summed E-state index contributed by atoms with van der Waals surface area (Å²) in [6.45, 7) is 4.69. The van der Waals surface area contributed by atoms with Crippen LogP contribution in [0.4, 0.5) is 4.79 Å². The van der Waals surface area contributed by atoms with Gasteiger partial charge in [0, 0.05) is 11.6 Å². The van der Waals surface area contributed by atoms with E-state index in [1.54, 1.807) is 57.2 Å². The number of ether oxygens (including phenoxy) is 1. The third-order valence-electron chi connectivity index (χ3n) is 3.78. The Morgan fingerprint density at radius 3 is 2.52 bits per heavy atom. The second-order valence-electron chi connectivity index (χ2n) is 7.25. The van der Waals surface area contributed by atoms with Crippen LogP contribution in [0, 0.1) is 11.3 Å². The first-order valence-electron chi connectivity index (χ1n) is 8.74. The Bertz CT molecular complexity index is 1040. The number of nitrogens with zero attached hydrogens (tertiary/aromatic N) is 2. The summed E-state index contributed by atoms with van der Waals surface area (Å²) in [5.74, 6) is -0.259. The van der Waals surface area contributed by atoms with E-state index in [1.165, 1.54) is 6.08 Å². The molecule has 0 aliphatic carbocycles. The van der Waals surface area contributed by atoms with Crippen molar-refractivity contribution in [3.8, 4) is 17.4 Å². The fourth-order valence-electron chi connectivity index (χ4n) is 2.56. The van der Waals surface area contributed by atoms with E-state index in [0.717, 1.165) is 22.2 Å². The minimum atomic E-state index is -0.704. The molecule has 0 spiro atoms. The minimum Gasteiger partial charge on any atom is -0.459 e. The molecule has 0 saturated carbocycles. The molecule has 1 saturated heterocycles. The second-order valence-corrected chi connectivity index (χ2v) is 8.24. The SMILES string of the molecule is CC(C)(C)OC(=O)CN1C(=O)SC(=Cc2ccc(-c3ccc(C#N)cc3)o2)C1=O. The number of carbonyl (C=O) groups is 3. The van der Waals surface area contributed by atoms with Crippen LogP contribution in [0.15, 0.2) is 45.7 Å². The first-order valence-corrected chi connectivity index (χ1v) is 9.55. The number of hydrogen-bond donors (Lipinski definition) is 0. The Balaban J connectivity index is 1.73. The number of hydrogen-bond acceptors (Lipinski definition) is 7. The van der Waals surface area contributed by atoms with Crippen LogP contribution in [-0.4, -0.2) is 34.2 Å². The predicted molar refractivity (Wildman–Crippen MR) is 107 cm³/mol. The van der Waals surface area contributed by atoms with Crippen molar-refractivity contribution in [3.05, 3.63) is 52.6 Å². The largest absolute Gasteiger partial charge is 0.459 e. The molecule has 2 amide bonds. The summed E-state index contributed by atoms with van der Waals surface area (Å²) in [6.07, 6.45) is 1.47. The topological polar surface area (TPSA) is 101 Å². The number of thioether (sulfide) groups is 1. The maximum atomic E-state index is 12.5. The molecule has 0 bridgehead atoms. The molecule has 0 atom stereocenters. The molecular formula is C21H18N2O5S. The van der Waals surface area contributed by atoms with Gasteiger partial charge in [0.05, 0.1) is 16.5 Å². The van der Waals surface area contributed by atoms with Crippen molar-refractivity contribution in [1.82, 2.24) is 4.90 Å². The number of imide groups is 1. The Labute approximate surface area is 171 Å². The lowest BCUT2D eigenvalue weighted by Gasteiger charge is -2.21. The molecule has 8 heteroatoms.